The van der Waals surface area contributed by atoms with Crippen molar-refractivity contribution in [2.75, 3.05) is 18.5 Å². The van der Waals surface area contributed by atoms with Crippen molar-refractivity contribution in [1.29, 1.82) is 0 Å². The summed E-state index contributed by atoms with van der Waals surface area (Å²) in [5.74, 6) is 0.0428. The van der Waals surface area contributed by atoms with Gasteiger partial charge in [-0.15, -0.1) is 5.10 Å². The molecule has 2 aromatic rings. The van der Waals surface area contributed by atoms with Gasteiger partial charge in [0.05, 0.1) is 19.4 Å². The third-order valence-electron chi connectivity index (χ3n) is 3.70. The molecule has 1 aromatic heterocycles. The third-order valence-corrected chi connectivity index (χ3v) is 3.70. The number of amides is 1. The molecule has 4 N–H and O–H groups in total. The standard InChI is InChI=1S/C18H24N6O4/c1-2-3-4-7-10-28-14-9-6-5-8-13(14)11-20-22-15(25)12-19-16-17(26)21-18(27)24-23-16/h5-6,8-9,11H,2-4,7,10,12H2,1H3,(H,19,23)(H,22,25)(H2,21,24,26,27)/b20-11+. The van der Waals surface area contributed by atoms with Crippen molar-refractivity contribution < 1.29 is 9.53 Å². The molecule has 0 fully saturated rings. The van der Waals surface area contributed by atoms with Gasteiger partial charge in [0.15, 0.2) is 0 Å². The molecule has 0 spiro atoms. The van der Waals surface area contributed by atoms with E-state index in [1.165, 1.54) is 19.1 Å². The number of nitrogens with one attached hydrogen (secondary N) is 4. The number of anilines is 1. The van der Waals surface area contributed by atoms with Crippen LogP contribution in [0.2, 0.25) is 0 Å². The highest BCUT2D eigenvalue weighted by Gasteiger charge is 2.05. The molecule has 0 aliphatic heterocycles. The fourth-order valence-electron chi connectivity index (χ4n) is 2.27. The number of nitrogens with zero attached hydrogens (tertiary/aromatic N) is 2. The van der Waals surface area contributed by atoms with E-state index in [2.05, 4.69) is 33.0 Å². The van der Waals surface area contributed by atoms with Crippen LogP contribution in [0.15, 0.2) is 39.0 Å². The first-order chi connectivity index (χ1) is 13.6. The quantitative estimate of drug-likeness (QED) is 0.257. The number of carbonyl (C=O) groups is 1. The topological polar surface area (TPSA) is 141 Å². The van der Waals surface area contributed by atoms with Gasteiger partial charge in [0.2, 0.25) is 5.82 Å². The molecule has 0 unspecified atom stereocenters. The Bertz CT molecular complexity index is 905. The SMILES string of the molecule is CCCCCCOc1ccccc1/C=N/NC(=O)CNc1n[nH]c(=O)[nH]c1=O. The average Bonchev–Trinajstić information content (AvgIpc) is 2.68. The van der Waals surface area contributed by atoms with Crippen LogP contribution in [0.5, 0.6) is 5.75 Å². The van der Waals surface area contributed by atoms with Gasteiger partial charge >= 0.3 is 5.69 Å². The molecule has 0 atom stereocenters. The fourth-order valence-corrected chi connectivity index (χ4v) is 2.27. The molecule has 0 bridgehead atoms. The van der Waals surface area contributed by atoms with E-state index < -0.39 is 17.2 Å². The molecule has 10 heteroatoms. The molecule has 1 aromatic carbocycles. The van der Waals surface area contributed by atoms with Crippen LogP contribution >= 0.6 is 0 Å². The van der Waals surface area contributed by atoms with E-state index in [1.54, 1.807) is 0 Å². The lowest BCUT2D eigenvalue weighted by molar-refractivity contribution is -0.119. The van der Waals surface area contributed by atoms with Gasteiger partial charge in [-0.1, -0.05) is 38.3 Å². The number of ether oxygens (including phenoxy) is 1. The van der Waals surface area contributed by atoms with Crippen molar-refractivity contribution in [2.45, 2.75) is 32.6 Å². The van der Waals surface area contributed by atoms with Crippen LogP contribution in [0.3, 0.4) is 0 Å². The van der Waals surface area contributed by atoms with E-state index in [0.717, 1.165) is 18.4 Å². The molecule has 28 heavy (non-hydrogen) atoms. The Morgan fingerprint density at radius 2 is 2.07 bits per heavy atom. The number of benzene rings is 1. The maximum atomic E-state index is 11.8. The average molecular weight is 388 g/mol. The predicted molar refractivity (Wildman–Crippen MR) is 106 cm³/mol. The normalized spacial score (nSPS) is 10.8. The van der Waals surface area contributed by atoms with Gasteiger partial charge in [0.1, 0.15) is 5.75 Å². The minimum absolute atomic E-state index is 0.166. The second-order valence-corrected chi connectivity index (χ2v) is 5.95. The predicted octanol–water partition coefficient (Wildman–Crippen LogP) is 0.979. The van der Waals surface area contributed by atoms with Gasteiger partial charge in [-0.2, -0.15) is 5.10 Å². The molecule has 150 valence electrons. The summed E-state index contributed by atoms with van der Waals surface area (Å²) >= 11 is 0. The zero-order valence-electron chi connectivity index (χ0n) is 15.7. The van der Waals surface area contributed by atoms with Crippen LogP contribution in [0.1, 0.15) is 38.2 Å². The first-order valence-corrected chi connectivity index (χ1v) is 9.06. The molecule has 0 saturated heterocycles. The Kier molecular flexibility index (Phi) is 8.44. The highest BCUT2D eigenvalue weighted by molar-refractivity contribution is 5.86. The van der Waals surface area contributed by atoms with Crippen LogP contribution in [-0.4, -0.2) is 40.5 Å². The Hall–Kier alpha value is -3.43. The number of hydrazone groups is 1. The van der Waals surface area contributed by atoms with E-state index in [0.29, 0.717) is 12.4 Å². The van der Waals surface area contributed by atoms with Gasteiger partial charge < -0.3 is 10.1 Å². The molecule has 0 saturated carbocycles. The van der Waals surface area contributed by atoms with Crippen molar-refractivity contribution in [3.8, 4) is 5.75 Å². The smallest absolute Gasteiger partial charge is 0.342 e. The maximum Gasteiger partial charge on any atom is 0.342 e. The lowest BCUT2D eigenvalue weighted by Crippen LogP contribution is -2.31. The third kappa shape index (κ3) is 7.06. The van der Waals surface area contributed by atoms with E-state index in [-0.39, 0.29) is 12.4 Å². The molecular formula is C18H24N6O4. The summed E-state index contributed by atoms with van der Waals surface area (Å²) in [5.41, 5.74) is 1.64. The second-order valence-electron chi connectivity index (χ2n) is 5.95. The Balaban J connectivity index is 1.82. The number of carbonyl (C=O) groups excluding carboxylic acids is 1. The minimum Gasteiger partial charge on any atom is -0.493 e. The van der Waals surface area contributed by atoms with Crippen LogP contribution < -0.4 is 26.7 Å². The van der Waals surface area contributed by atoms with Crippen LogP contribution in [0, 0.1) is 0 Å². The number of aromatic nitrogens is 3. The zero-order valence-corrected chi connectivity index (χ0v) is 15.7. The van der Waals surface area contributed by atoms with Crippen molar-refractivity contribution in [3.05, 3.63) is 50.7 Å². The fraction of sp³-hybridized carbons (Fsp3) is 0.389. The summed E-state index contributed by atoms with van der Waals surface area (Å²) in [6, 6.07) is 7.40. The summed E-state index contributed by atoms with van der Waals surface area (Å²) in [5, 5.41) is 12.0. The summed E-state index contributed by atoms with van der Waals surface area (Å²) in [4.78, 5) is 36.2. The highest BCUT2D eigenvalue weighted by Crippen LogP contribution is 2.16. The van der Waals surface area contributed by atoms with Gasteiger partial charge in [0, 0.05) is 5.56 Å². The summed E-state index contributed by atoms with van der Waals surface area (Å²) in [7, 11) is 0. The van der Waals surface area contributed by atoms with Gasteiger partial charge in [-0.05, 0) is 18.6 Å². The number of hydrogen-bond acceptors (Lipinski definition) is 7. The molecule has 0 aliphatic rings. The minimum atomic E-state index is -0.726. The molecule has 1 heterocycles. The molecule has 2 rings (SSSR count). The lowest BCUT2D eigenvalue weighted by Gasteiger charge is -2.08. The number of rotatable bonds is 11. The highest BCUT2D eigenvalue weighted by atomic mass is 16.5. The number of aromatic amines is 2. The number of H-pyrrole nitrogens is 2. The summed E-state index contributed by atoms with van der Waals surface area (Å²) in [6.45, 7) is 2.54. The van der Waals surface area contributed by atoms with Crippen LogP contribution in [0.4, 0.5) is 5.82 Å². The van der Waals surface area contributed by atoms with Crippen molar-refractivity contribution in [1.82, 2.24) is 20.6 Å². The van der Waals surface area contributed by atoms with Gasteiger partial charge in [0.25, 0.3) is 11.5 Å². The molecule has 1 amide bonds. The van der Waals surface area contributed by atoms with Crippen molar-refractivity contribution in [2.24, 2.45) is 5.10 Å². The summed E-state index contributed by atoms with van der Waals surface area (Å²) < 4.78 is 5.78. The van der Waals surface area contributed by atoms with E-state index >= 15 is 0 Å². The number of para-hydroxylation sites is 1. The lowest BCUT2D eigenvalue weighted by atomic mass is 10.2. The van der Waals surface area contributed by atoms with E-state index in [1.807, 2.05) is 29.2 Å². The zero-order chi connectivity index (χ0) is 20.2. The molecular weight excluding hydrogens is 364 g/mol. The second kappa shape index (κ2) is 11.3. The summed E-state index contributed by atoms with van der Waals surface area (Å²) in [6.07, 6.45) is 5.96. The Morgan fingerprint density at radius 3 is 2.86 bits per heavy atom. The van der Waals surface area contributed by atoms with E-state index in [9.17, 15) is 14.4 Å². The maximum absolute atomic E-state index is 11.8. The monoisotopic (exact) mass is 388 g/mol. The first kappa shape index (κ1) is 20.9. The Labute approximate surface area is 161 Å². The van der Waals surface area contributed by atoms with Crippen LogP contribution in [-0.2, 0) is 4.79 Å². The van der Waals surface area contributed by atoms with Gasteiger partial charge in [-0.25, -0.2) is 15.3 Å². The van der Waals surface area contributed by atoms with Crippen molar-refractivity contribution >= 4 is 17.9 Å². The Morgan fingerprint density at radius 1 is 1.25 bits per heavy atom. The molecule has 0 radical (unpaired) electrons. The van der Waals surface area contributed by atoms with E-state index in [4.69, 9.17) is 4.74 Å². The first-order valence-electron chi connectivity index (χ1n) is 9.06. The molecule has 0 aliphatic carbocycles. The van der Waals surface area contributed by atoms with Crippen molar-refractivity contribution in [3.63, 3.8) is 0 Å². The molecule has 10 nitrogen and oxygen atoms in total. The largest absolute Gasteiger partial charge is 0.493 e. The van der Waals surface area contributed by atoms with Crippen LogP contribution in [0.25, 0.3) is 0 Å². The number of unbranched alkanes of at least 4 members (excludes halogenated alkanes) is 3. The number of hydrogen-bond donors (Lipinski definition) is 4. The van der Waals surface area contributed by atoms with Gasteiger partial charge in [-0.3, -0.25) is 14.6 Å².